The number of fused-ring (bicyclic) bond motifs is 5. The standard InChI is InChI=1S/C20H28N2O/c1-11(2)12-3-5-13(6-4-12)16(21)10-22-20(23)19-17-14-7-8-15(9-14)18(17)19/h3-6,11,14-19H,7-10,21H2,1-2H3,(H,22,23). The molecule has 5 atom stereocenters. The van der Waals surface area contributed by atoms with Crippen LogP contribution in [0.3, 0.4) is 0 Å². The molecule has 3 aliphatic carbocycles. The molecule has 0 aromatic heterocycles. The Kier molecular flexibility index (Phi) is 3.72. The van der Waals surface area contributed by atoms with Crippen molar-refractivity contribution in [3.8, 4) is 0 Å². The third-order valence-electron chi connectivity index (χ3n) is 6.57. The van der Waals surface area contributed by atoms with Crippen LogP contribution in [0.15, 0.2) is 24.3 Å². The number of benzene rings is 1. The summed E-state index contributed by atoms with van der Waals surface area (Å²) in [5.74, 6) is 4.19. The zero-order chi connectivity index (χ0) is 16.1. The molecule has 0 spiro atoms. The van der Waals surface area contributed by atoms with Crippen molar-refractivity contribution in [2.45, 2.75) is 45.1 Å². The second-order valence-electron chi connectivity index (χ2n) is 8.19. The molecule has 1 amide bonds. The molecule has 0 radical (unpaired) electrons. The predicted octanol–water partition coefficient (Wildman–Crippen LogP) is 3.22. The quantitative estimate of drug-likeness (QED) is 0.877. The van der Waals surface area contributed by atoms with Crippen LogP contribution >= 0.6 is 0 Å². The Labute approximate surface area is 139 Å². The van der Waals surface area contributed by atoms with Gasteiger partial charge in [0.15, 0.2) is 0 Å². The summed E-state index contributed by atoms with van der Waals surface area (Å²) in [6.45, 7) is 4.93. The van der Waals surface area contributed by atoms with Gasteiger partial charge in [-0.1, -0.05) is 38.1 Å². The van der Waals surface area contributed by atoms with Crippen molar-refractivity contribution in [1.29, 1.82) is 0 Å². The van der Waals surface area contributed by atoms with Crippen LogP contribution in [-0.2, 0) is 4.79 Å². The Morgan fingerprint density at radius 1 is 1.13 bits per heavy atom. The lowest BCUT2D eigenvalue weighted by molar-refractivity contribution is -0.123. The summed E-state index contributed by atoms with van der Waals surface area (Å²) in [6.07, 6.45) is 4.11. The molecule has 4 rings (SSSR count). The van der Waals surface area contributed by atoms with Crippen molar-refractivity contribution in [3.63, 3.8) is 0 Å². The molecule has 0 saturated heterocycles. The van der Waals surface area contributed by atoms with E-state index in [4.69, 9.17) is 5.73 Å². The largest absolute Gasteiger partial charge is 0.354 e. The van der Waals surface area contributed by atoms with Gasteiger partial charge in [0.2, 0.25) is 5.91 Å². The Balaban J connectivity index is 1.30. The highest BCUT2D eigenvalue weighted by Crippen LogP contribution is 2.69. The fourth-order valence-electron chi connectivity index (χ4n) is 5.25. The first kappa shape index (κ1) is 15.2. The van der Waals surface area contributed by atoms with Gasteiger partial charge in [0.05, 0.1) is 0 Å². The summed E-state index contributed by atoms with van der Waals surface area (Å²) >= 11 is 0. The van der Waals surface area contributed by atoms with Crippen LogP contribution in [0.5, 0.6) is 0 Å². The van der Waals surface area contributed by atoms with Crippen molar-refractivity contribution in [2.24, 2.45) is 35.3 Å². The molecule has 3 N–H and O–H groups in total. The zero-order valence-electron chi connectivity index (χ0n) is 14.2. The monoisotopic (exact) mass is 312 g/mol. The first-order valence-corrected chi connectivity index (χ1v) is 9.19. The lowest BCUT2D eigenvalue weighted by atomic mass is 9.99. The molecule has 3 fully saturated rings. The molecule has 0 heterocycles. The Hall–Kier alpha value is -1.35. The average Bonchev–Trinajstić information content (AvgIpc) is 3.00. The van der Waals surface area contributed by atoms with E-state index in [-0.39, 0.29) is 11.9 Å². The van der Waals surface area contributed by atoms with Gasteiger partial charge in [-0.05, 0) is 60.0 Å². The van der Waals surface area contributed by atoms with Crippen molar-refractivity contribution in [2.75, 3.05) is 6.54 Å². The highest BCUT2D eigenvalue weighted by molar-refractivity contribution is 5.82. The minimum Gasteiger partial charge on any atom is -0.354 e. The Morgan fingerprint density at radius 2 is 1.70 bits per heavy atom. The van der Waals surface area contributed by atoms with E-state index in [9.17, 15) is 4.79 Å². The van der Waals surface area contributed by atoms with E-state index in [1.54, 1.807) is 0 Å². The molecule has 2 bridgehead atoms. The van der Waals surface area contributed by atoms with Gasteiger partial charge in [-0.25, -0.2) is 0 Å². The predicted molar refractivity (Wildman–Crippen MR) is 91.8 cm³/mol. The van der Waals surface area contributed by atoms with Gasteiger partial charge < -0.3 is 11.1 Å². The van der Waals surface area contributed by atoms with Crippen molar-refractivity contribution in [3.05, 3.63) is 35.4 Å². The van der Waals surface area contributed by atoms with Crippen LogP contribution in [0.1, 0.15) is 56.2 Å². The van der Waals surface area contributed by atoms with Gasteiger partial charge >= 0.3 is 0 Å². The van der Waals surface area contributed by atoms with E-state index in [1.807, 2.05) is 0 Å². The van der Waals surface area contributed by atoms with Gasteiger partial charge in [-0.2, -0.15) is 0 Å². The van der Waals surface area contributed by atoms with Gasteiger partial charge in [0.25, 0.3) is 0 Å². The van der Waals surface area contributed by atoms with Gasteiger partial charge in [0, 0.05) is 18.5 Å². The van der Waals surface area contributed by atoms with Crippen molar-refractivity contribution >= 4 is 5.91 Å². The second kappa shape index (κ2) is 5.62. The van der Waals surface area contributed by atoms with Crippen LogP contribution < -0.4 is 11.1 Å². The van der Waals surface area contributed by atoms with Gasteiger partial charge in [-0.15, -0.1) is 0 Å². The summed E-state index contributed by atoms with van der Waals surface area (Å²) < 4.78 is 0. The maximum absolute atomic E-state index is 12.5. The molecular weight excluding hydrogens is 284 g/mol. The molecule has 23 heavy (non-hydrogen) atoms. The molecule has 3 aliphatic rings. The molecule has 1 aromatic carbocycles. The lowest BCUT2D eigenvalue weighted by Gasteiger charge is -2.15. The lowest BCUT2D eigenvalue weighted by Crippen LogP contribution is -2.34. The first-order chi connectivity index (χ1) is 11.1. The summed E-state index contributed by atoms with van der Waals surface area (Å²) in [5, 5.41) is 3.11. The fraction of sp³-hybridized carbons (Fsp3) is 0.650. The highest BCUT2D eigenvalue weighted by atomic mass is 16.2. The number of nitrogens with two attached hydrogens (primary N) is 1. The average molecular weight is 312 g/mol. The Morgan fingerprint density at radius 3 is 2.26 bits per heavy atom. The molecule has 5 unspecified atom stereocenters. The SMILES string of the molecule is CC(C)c1ccc(C(N)CNC(=O)C2C3C4CCC(C4)C23)cc1. The summed E-state index contributed by atoms with van der Waals surface area (Å²) in [7, 11) is 0. The molecule has 1 aromatic rings. The summed E-state index contributed by atoms with van der Waals surface area (Å²) in [5.41, 5.74) is 8.69. The number of nitrogens with one attached hydrogen (secondary N) is 1. The maximum atomic E-state index is 12.5. The smallest absolute Gasteiger partial charge is 0.223 e. The number of carbonyl (C=O) groups is 1. The Bertz CT molecular complexity index is 578. The molecular formula is C20H28N2O. The van der Waals surface area contributed by atoms with E-state index < -0.39 is 0 Å². The molecule has 3 saturated carbocycles. The van der Waals surface area contributed by atoms with E-state index >= 15 is 0 Å². The van der Waals surface area contributed by atoms with Crippen LogP contribution in [-0.4, -0.2) is 12.5 Å². The molecule has 124 valence electrons. The van der Waals surface area contributed by atoms with Crippen LogP contribution in [0.25, 0.3) is 0 Å². The fourth-order valence-corrected chi connectivity index (χ4v) is 5.25. The van der Waals surface area contributed by atoms with Crippen molar-refractivity contribution < 1.29 is 4.79 Å². The van der Waals surface area contributed by atoms with E-state index in [1.165, 1.54) is 24.8 Å². The minimum absolute atomic E-state index is 0.115. The van der Waals surface area contributed by atoms with Crippen LogP contribution in [0, 0.1) is 29.6 Å². The van der Waals surface area contributed by atoms with Crippen LogP contribution in [0.2, 0.25) is 0 Å². The van der Waals surface area contributed by atoms with E-state index in [2.05, 4.69) is 43.4 Å². The molecule has 3 nitrogen and oxygen atoms in total. The molecule has 0 aliphatic heterocycles. The first-order valence-electron chi connectivity index (χ1n) is 9.19. The van der Waals surface area contributed by atoms with E-state index in [0.717, 1.165) is 17.4 Å². The van der Waals surface area contributed by atoms with Crippen molar-refractivity contribution in [1.82, 2.24) is 5.32 Å². The number of carbonyl (C=O) groups excluding carboxylic acids is 1. The van der Waals surface area contributed by atoms with Crippen LogP contribution in [0.4, 0.5) is 0 Å². The topological polar surface area (TPSA) is 55.1 Å². The summed E-state index contributed by atoms with van der Waals surface area (Å²) in [4.78, 5) is 12.5. The normalized spacial score (nSPS) is 35.2. The van der Waals surface area contributed by atoms with Gasteiger partial charge in [0.1, 0.15) is 0 Å². The molecule has 3 heteroatoms. The van der Waals surface area contributed by atoms with E-state index in [0.29, 0.717) is 30.2 Å². The minimum atomic E-state index is -0.115. The highest BCUT2D eigenvalue weighted by Gasteiger charge is 2.67. The number of hydrogen-bond donors (Lipinski definition) is 2. The number of amides is 1. The maximum Gasteiger partial charge on any atom is 0.223 e. The number of rotatable bonds is 5. The third-order valence-corrected chi connectivity index (χ3v) is 6.57. The van der Waals surface area contributed by atoms with Gasteiger partial charge in [-0.3, -0.25) is 4.79 Å². The third kappa shape index (κ3) is 2.59. The zero-order valence-corrected chi connectivity index (χ0v) is 14.2. The summed E-state index contributed by atoms with van der Waals surface area (Å²) in [6, 6.07) is 8.36. The number of hydrogen-bond acceptors (Lipinski definition) is 2. The second-order valence-corrected chi connectivity index (χ2v) is 8.19.